The lowest BCUT2D eigenvalue weighted by Gasteiger charge is -2.11. The van der Waals surface area contributed by atoms with Crippen molar-refractivity contribution in [3.05, 3.63) is 118 Å². The van der Waals surface area contributed by atoms with Crippen LogP contribution in [0.2, 0.25) is 0 Å². The molecule has 0 saturated heterocycles. The van der Waals surface area contributed by atoms with E-state index in [1.807, 2.05) is 47.2 Å². The van der Waals surface area contributed by atoms with E-state index in [2.05, 4.69) is 5.32 Å². The molecule has 4 aromatic rings. The third-order valence-electron chi connectivity index (χ3n) is 6.64. The van der Waals surface area contributed by atoms with Gasteiger partial charge in [-0.05, 0) is 59.5 Å². The van der Waals surface area contributed by atoms with E-state index in [4.69, 9.17) is 0 Å². The summed E-state index contributed by atoms with van der Waals surface area (Å²) in [7, 11) is -4.38. The predicted molar refractivity (Wildman–Crippen MR) is 158 cm³/mol. The van der Waals surface area contributed by atoms with Crippen LogP contribution in [0.25, 0.3) is 11.1 Å². The Hall–Kier alpha value is -4.48. The maximum atomic E-state index is 12.9. The lowest BCUT2D eigenvalue weighted by atomic mass is 9.99. The Bertz CT molecular complexity index is 1740. The number of thioether (sulfide) groups is 1. The largest absolute Gasteiger partial charge is 0.379 e. The van der Waals surface area contributed by atoms with E-state index in [0.29, 0.717) is 25.1 Å². The molecule has 41 heavy (non-hydrogen) atoms. The molecule has 0 atom stereocenters. The minimum absolute atomic E-state index is 0.109. The van der Waals surface area contributed by atoms with Crippen LogP contribution in [0.15, 0.2) is 101 Å². The van der Waals surface area contributed by atoms with Gasteiger partial charge in [0.2, 0.25) is 0 Å². The molecule has 208 valence electrons. The number of carbonyl (C=O) groups excluding carboxylic acids is 2. The fourth-order valence-corrected chi connectivity index (χ4v) is 6.32. The molecule has 0 heterocycles. The molecule has 4 aromatic carbocycles. The molecular weight excluding hydrogens is 562 g/mol. The van der Waals surface area contributed by atoms with Crippen LogP contribution >= 0.6 is 11.8 Å². The fourth-order valence-electron chi connectivity index (χ4n) is 4.54. The number of ketones is 1. The number of rotatable bonds is 10. The lowest BCUT2D eigenvalue weighted by Crippen LogP contribution is -2.30. The molecule has 0 radical (unpaired) electrons. The number of hydrogen-bond donors (Lipinski definition) is 2. The van der Waals surface area contributed by atoms with E-state index in [0.717, 1.165) is 33.2 Å². The summed E-state index contributed by atoms with van der Waals surface area (Å²) in [5, 5.41) is 14.7. The van der Waals surface area contributed by atoms with Gasteiger partial charge in [-0.1, -0.05) is 48.5 Å². The molecule has 0 saturated carbocycles. The SMILES string of the molecule is O=C(NS(=O)(=O)c1ccc(NCCSc2ccccc2)c([N+](=O)[O-])c1)c1ccc(-c2ccc3c(c2)CCC3=O)cc1. The number of nitrogens with zero attached hydrogens (tertiary/aromatic N) is 1. The molecule has 2 N–H and O–H groups in total. The Balaban J connectivity index is 1.25. The van der Waals surface area contributed by atoms with Crippen LogP contribution in [-0.2, 0) is 16.4 Å². The van der Waals surface area contributed by atoms with Crippen molar-refractivity contribution in [2.45, 2.75) is 22.6 Å². The number of nitrogens with one attached hydrogen (secondary N) is 2. The minimum atomic E-state index is -4.38. The average Bonchev–Trinajstić information content (AvgIpc) is 3.35. The number of anilines is 1. The maximum absolute atomic E-state index is 12.9. The smallest absolute Gasteiger partial charge is 0.293 e. The van der Waals surface area contributed by atoms with Gasteiger partial charge >= 0.3 is 0 Å². The Morgan fingerprint density at radius 2 is 1.63 bits per heavy atom. The van der Waals surface area contributed by atoms with Crippen molar-refractivity contribution in [2.24, 2.45) is 0 Å². The second-order valence-corrected chi connectivity index (χ2v) is 12.2. The summed E-state index contributed by atoms with van der Waals surface area (Å²) in [4.78, 5) is 36.3. The van der Waals surface area contributed by atoms with Gasteiger partial charge in [0.05, 0.1) is 9.82 Å². The van der Waals surface area contributed by atoms with Gasteiger partial charge in [0.1, 0.15) is 5.69 Å². The molecule has 1 amide bonds. The van der Waals surface area contributed by atoms with Gasteiger partial charge in [-0.15, -0.1) is 11.8 Å². The molecule has 0 bridgehead atoms. The van der Waals surface area contributed by atoms with Gasteiger partial charge in [0, 0.05) is 40.8 Å². The van der Waals surface area contributed by atoms with Crippen LogP contribution in [0.3, 0.4) is 0 Å². The number of nitro groups is 1. The minimum Gasteiger partial charge on any atom is -0.379 e. The van der Waals surface area contributed by atoms with Crippen molar-refractivity contribution in [3.8, 4) is 11.1 Å². The zero-order valence-electron chi connectivity index (χ0n) is 21.7. The summed E-state index contributed by atoms with van der Waals surface area (Å²) in [6.07, 6.45) is 1.20. The highest BCUT2D eigenvalue weighted by Crippen LogP contribution is 2.30. The second kappa shape index (κ2) is 11.9. The van der Waals surface area contributed by atoms with Crippen LogP contribution in [0.5, 0.6) is 0 Å². The van der Waals surface area contributed by atoms with Gasteiger partial charge in [0.25, 0.3) is 21.6 Å². The molecule has 0 unspecified atom stereocenters. The third kappa shape index (κ3) is 6.47. The first-order valence-corrected chi connectivity index (χ1v) is 15.2. The number of Topliss-reactive ketones (excluding diaryl/α,β-unsaturated/α-hetero) is 1. The van der Waals surface area contributed by atoms with Gasteiger partial charge in [0.15, 0.2) is 5.78 Å². The van der Waals surface area contributed by atoms with Gasteiger partial charge < -0.3 is 5.32 Å². The fraction of sp³-hybridized carbons (Fsp3) is 0.133. The Morgan fingerprint density at radius 1 is 0.902 bits per heavy atom. The van der Waals surface area contributed by atoms with Crippen LogP contribution in [0.1, 0.15) is 32.7 Å². The summed E-state index contributed by atoms with van der Waals surface area (Å²) >= 11 is 1.58. The summed E-state index contributed by atoms with van der Waals surface area (Å²) in [6, 6.07) is 25.2. The molecule has 0 fully saturated rings. The number of hydrogen-bond acceptors (Lipinski definition) is 8. The Labute approximate surface area is 241 Å². The summed E-state index contributed by atoms with van der Waals surface area (Å²) in [6.45, 7) is 0.419. The number of sulfonamides is 1. The van der Waals surface area contributed by atoms with Gasteiger partial charge in [-0.3, -0.25) is 19.7 Å². The van der Waals surface area contributed by atoms with E-state index in [9.17, 15) is 28.1 Å². The van der Waals surface area contributed by atoms with Crippen molar-refractivity contribution in [1.29, 1.82) is 0 Å². The first kappa shape index (κ1) is 28.1. The Kier molecular flexibility index (Phi) is 8.18. The molecular formula is C30H25N3O6S2. The van der Waals surface area contributed by atoms with E-state index in [-0.39, 0.29) is 17.0 Å². The monoisotopic (exact) mass is 587 g/mol. The molecule has 0 aliphatic heterocycles. The van der Waals surface area contributed by atoms with Crippen molar-refractivity contribution in [3.63, 3.8) is 0 Å². The van der Waals surface area contributed by atoms with Crippen LogP contribution in [0, 0.1) is 10.1 Å². The van der Waals surface area contributed by atoms with Crippen molar-refractivity contribution in [1.82, 2.24) is 4.72 Å². The molecule has 11 heteroatoms. The van der Waals surface area contributed by atoms with E-state index in [1.54, 1.807) is 30.0 Å². The topological polar surface area (TPSA) is 135 Å². The number of amides is 1. The van der Waals surface area contributed by atoms with E-state index in [1.165, 1.54) is 24.3 Å². The number of nitro benzene ring substituents is 1. The summed E-state index contributed by atoms with van der Waals surface area (Å²) in [5.74, 6) is -0.0878. The molecule has 1 aliphatic carbocycles. The van der Waals surface area contributed by atoms with Crippen LogP contribution in [0.4, 0.5) is 11.4 Å². The van der Waals surface area contributed by atoms with E-state index < -0.39 is 31.4 Å². The van der Waals surface area contributed by atoms with Crippen molar-refractivity contribution < 1.29 is 22.9 Å². The summed E-state index contributed by atoms with van der Waals surface area (Å²) in [5.41, 5.74) is 3.30. The normalized spacial score (nSPS) is 12.5. The standard InChI is InChI=1S/C30H25N3O6S2/c34-29-15-11-23-18-22(10-13-26(23)29)20-6-8-21(9-7-20)30(35)32-41(38,39)25-12-14-27(28(19-25)33(36)37)31-16-17-40-24-4-2-1-3-5-24/h1-10,12-14,18-19,31H,11,15-17H2,(H,32,35). The number of aryl methyl sites for hydroxylation is 1. The lowest BCUT2D eigenvalue weighted by molar-refractivity contribution is -0.384. The van der Waals surface area contributed by atoms with Crippen molar-refractivity contribution in [2.75, 3.05) is 17.6 Å². The zero-order chi connectivity index (χ0) is 29.0. The Morgan fingerprint density at radius 3 is 2.37 bits per heavy atom. The molecule has 0 aromatic heterocycles. The first-order valence-electron chi connectivity index (χ1n) is 12.8. The highest BCUT2D eigenvalue weighted by molar-refractivity contribution is 7.99. The van der Waals surface area contributed by atoms with Gasteiger partial charge in [-0.2, -0.15) is 0 Å². The van der Waals surface area contributed by atoms with Crippen LogP contribution in [-0.4, -0.2) is 37.3 Å². The number of fused-ring (bicyclic) bond motifs is 1. The molecule has 0 spiro atoms. The quantitative estimate of drug-likeness (QED) is 0.104. The zero-order valence-corrected chi connectivity index (χ0v) is 23.3. The molecule has 9 nitrogen and oxygen atoms in total. The third-order valence-corrected chi connectivity index (χ3v) is 8.98. The predicted octanol–water partition coefficient (Wildman–Crippen LogP) is 5.71. The average molecular weight is 588 g/mol. The maximum Gasteiger partial charge on any atom is 0.293 e. The van der Waals surface area contributed by atoms with Crippen molar-refractivity contribution >= 4 is 44.9 Å². The highest BCUT2D eigenvalue weighted by atomic mass is 32.2. The summed E-state index contributed by atoms with van der Waals surface area (Å²) < 4.78 is 27.9. The molecule has 1 aliphatic rings. The van der Waals surface area contributed by atoms with Crippen LogP contribution < -0.4 is 10.0 Å². The highest BCUT2D eigenvalue weighted by Gasteiger charge is 2.24. The van der Waals surface area contributed by atoms with Gasteiger partial charge in [-0.25, -0.2) is 13.1 Å². The first-order chi connectivity index (χ1) is 19.7. The molecule has 5 rings (SSSR count). The number of benzene rings is 4. The second-order valence-electron chi connectivity index (χ2n) is 9.33. The number of carbonyl (C=O) groups is 2. The van der Waals surface area contributed by atoms with E-state index >= 15 is 0 Å².